The summed E-state index contributed by atoms with van der Waals surface area (Å²) >= 11 is 5.75. The van der Waals surface area contributed by atoms with Crippen molar-refractivity contribution in [2.45, 2.75) is 0 Å². The minimum absolute atomic E-state index is 0.0532. The molecule has 0 saturated heterocycles. The second-order valence-electron chi connectivity index (χ2n) is 3.13. The van der Waals surface area contributed by atoms with Gasteiger partial charge in [0.2, 0.25) is 0 Å². The number of benzene rings is 1. The number of hydrogen-bond donors (Lipinski definition) is 3. The van der Waals surface area contributed by atoms with Crippen LogP contribution in [0, 0.1) is 0 Å². The van der Waals surface area contributed by atoms with Crippen LogP contribution in [0.15, 0.2) is 35.4 Å². The van der Waals surface area contributed by atoms with E-state index in [0.29, 0.717) is 10.8 Å². The minimum atomic E-state index is -0.369. The van der Waals surface area contributed by atoms with Crippen LogP contribution in [0.2, 0.25) is 5.02 Å². The Morgan fingerprint density at radius 3 is 2.69 bits per heavy atom. The number of nitrogen functional groups attached to an aromatic ring is 1. The maximum Gasteiger partial charge on any atom is 0.276 e. The predicted octanol–water partition coefficient (Wildman–Crippen LogP) is 1.75. The summed E-state index contributed by atoms with van der Waals surface area (Å²) in [6.07, 6.45) is 1.29. The van der Waals surface area contributed by atoms with E-state index in [1.807, 2.05) is 0 Å². The fourth-order valence-corrected chi connectivity index (χ4v) is 1.31. The Morgan fingerprint density at radius 2 is 2.00 bits per heavy atom. The molecule has 0 amide bonds. The SMILES string of the molecule is Nc1c(Nc2ccc(Cl)cc2)nc[nH]c1=O. The zero-order valence-corrected chi connectivity index (χ0v) is 8.95. The lowest BCUT2D eigenvalue weighted by Gasteiger charge is -2.06. The molecule has 0 aliphatic carbocycles. The Balaban J connectivity index is 2.30. The van der Waals surface area contributed by atoms with Gasteiger partial charge in [-0.15, -0.1) is 0 Å². The summed E-state index contributed by atoms with van der Waals surface area (Å²) in [7, 11) is 0. The Bertz CT molecular complexity index is 549. The second kappa shape index (κ2) is 4.24. The number of anilines is 3. The fourth-order valence-electron chi connectivity index (χ4n) is 1.18. The maximum absolute atomic E-state index is 11.2. The normalized spacial score (nSPS) is 10.1. The maximum atomic E-state index is 11.2. The van der Waals surface area contributed by atoms with Crippen LogP contribution in [0.4, 0.5) is 17.2 Å². The van der Waals surface area contributed by atoms with Crippen molar-refractivity contribution in [3.63, 3.8) is 0 Å². The topological polar surface area (TPSA) is 83.8 Å². The van der Waals surface area contributed by atoms with Gasteiger partial charge in [0.05, 0.1) is 6.33 Å². The molecule has 0 aliphatic rings. The van der Waals surface area contributed by atoms with Gasteiger partial charge in [-0.3, -0.25) is 4.79 Å². The lowest BCUT2D eigenvalue weighted by molar-refractivity contribution is 1.13. The zero-order chi connectivity index (χ0) is 11.5. The third-order valence-corrected chi connectivity index (χ3v) is 2.25. The number of aromatic amines is 1. The number of halogens is 1. The molecule has 5 nitrogen and oxygen atoms in total. The average molecular weight is 237 g/mol. The lowest BCUT2D eigenvalue weighted by Crippen LogP contribution is -2.14. The molecule has 0 radical (unpaired) electrons. The van der Waals surface area contributed by atoms with Crippen LogP contribution in [-0.2, 0) is 0 Å². The molecule has 0 aliphatic heterocycles. The summed E-state index contributed by atoms with van der Waals surface area (Å²) in [5.74, 6) is 0.325. The van der Waals surface area contributed by atoms with E-state index in [0.717, 1.165) is 5.69 Å². The van der Waals surface area contributed by atoms with E-state index in [-0.39, 0.29) is 11.2 Å². The van der Waals surface area contributed by atoms with E-state index in [1.54, 1.807) is 24.3 Å². The van der Waals surface area contributed by atoms with E-state index >= 15 is 0 Å². The number of nitrogens with one attached hydrogen (secondary N) is 2. The molecule has 2 rings (SSSR count). The summed E-state index contributed by atoms with van der Waals surface area (Å²) in [6.45, 7) is 0. The van der Waals surface area contributed by atoms with E-state index < -0.39 is 0 Å². The zero-order valence-electron chi connectivity index (χ0n) is 8.20. The van der Waals surface area contributed by atoms with Crippen molar-refractivity contribution in [3.05, 3.63) is 46.0 Å². The monoisotopic (exact) mass is 236 g/mol. The van der Waals surface area contributed by atoms with Crippen LogP contribution in [0.25, 0.3) is 0 Å². The molecule has 0 atom stereocenters. The molecular weight excluding hydrogens is 228 g/mol. The van der Waals surface area contributed by atoms with Crippen LogP contribution >= 0.6 is 11.6 Å². The van der Waals surface area contributed by atoms with Crippen LogP contribution < -0.4 is 16.6 Å². The molecule has 1 aromatic heterocycles. The quantitative estimate of drug-likeness (QED) is 0.742. The number of aromatic nitrogens is 2. The summed E-state index contributed by atoms with van der Waals surface area (Å²) < 4.78 is 0. The van der Waals surface area contributed by atoms with Crippen molar-refractivity contribution >= 4 is 28.8 Å². The Hall–Kier alpha value is -2.01. The Morgan fingerprint density at radius 1 is 1.31 bits per heavy atom. The van der Waals surface area contributed by atoms with E-state index in [4.69, 9.17) is 17.3 Å². The Labute approximate surface area is 96.3 Å². The van der Waals surface area contributed by atoms with Crippen molar-refractivity contribution in [2.24, 2.45) is 0 Å². The lowest BCUT2D eigenvalue weighted by atomic mass is 10.3. The molecule has 82 valence electrons. The number of nitrogens with zero attached hydrogens (tertiary/aromatic N) is 1. The van der Waals surface area contributed by atoms with Gasteiger partial charge in [-0.2, -0.15) is 0 Å². The van der Waals surface area contributed by atoms with Gasteiger partial charge in [-0.1, -0.05) is 11.6 Å². The highest BCUT2D eigenvalue weighted by Crippen LogP contribution is 2.19. The molecule has 0 bridgehead atoms. The van der Waals surface area contributed by atoms with Gasteiger partial charge in [0, 0.05) is 10.7 Å². The standard InChI is InChI=1S/C10H9ClN4O/c11-6-1-3-7(4-2-6)15-9-8(12)10(16)14-5-13-9/h1-5H,12H2,(H2,13,14,15,16). The predicted molar refractivity (Wildman–Crippen MR) is 64.0 cm³/mol. The molecule has 6 heteroatoms. The number of nitrogens with two attached hydrogens (primary N) is 1. The van der Waals surface area contributed by atoms with Crippen molar-refractivity contribution in [3.8, 4) is 0 Å². The molecule has 1 heterocycles. The third-order valence-electron chi connectivity index (χ3n) is 2.00. The highest BCUT2D eigenvalue weighted by Gasteiger charge is 2.04. The summed E-state index contributed by atoms with van der Waals surface area (Å²) in [4.78, 5) is 17.5. The highest BCUT2D eigenvalue weighted by atomic mass is 35.5. The fraction of sp³-hybridized carbons (Fsp3) is 0. The van der Waals surface area contributed by atoms with Crippen LogP contribution in [0.3, 0.4) is 0 Å². The van der Waals surface area contributed by atoms with Crippen molar-refractivity contribution in [2.75, 3.05) is 11.1 Å². The third kappa shape index (κ3) is 2.14. The molecule has 0 fully saturated rings. The highest BCUT2D eigenvalue weighted by molar-refractivity contribution is 6.30. The van der Waals surface area contributed by atoms with Crippen LogP contribution in [-0.4, -0.2) is 9.97 Å². The first-order valence-corrected chi connectivity index (χ1v) is 4.90. The molecule has 1 aromatic carbocycles. The second-order valence-corrected chi connectivity index (χ2v) is 3.56. The van der Waals surface area contributed by atoms with E-state index in [2.05, 4.69) is 15.3 Å². The molecule has 2 aromatic rings. The molecule has 4 N–H and O–H groups in total. The van der Waals surface area contributed by atoms with Crippen molar-refractivity contribution in [1.82, 2.24) is 9.97 Å². The average Bonchev–Trinajstić information content (AvgIpc) is 2.28. The Kier molecular flexibility index (Phi) is 2.78. The molecular formula is C10H9ClN4O. The van der Waals surface area contributed by atoms with Gasteiger partial charge in [0.25, 0.3) is 5.56 Å². The molecule has 16 heavy (non-hydrogen) atoms. The summed E-state index contributed by atoms with van der Waals surface area (Å²) in [5.41, 5.74) is 6.01. The number of hydrogen-bond acceptors (Lipinski definition) is 4. The largest absolute Gasteiger partial charge is 0.391 e. The first-order chi connectivity index (χ1) is 7.66. The van der Waals surface area contributed by atoms with Gasteiger partial charge in [0.1, 0.15) is 5.69 Å². The van der Waals surface area contributed by atoms with Gasteiger partial charge >= 0.3 is 0 Å². The van der Waals surface area contributed by atoms with Crippen LogP contribution in [0.1, 0.15) is 0 Å². The molecule has 0 unspecified atom stereocenters. The summed E-state index contributed by atoms with van der Waals surface area (Å²) in [6, 6.07) is 7.00. The van der Waals surface area contributed by atoms with Gasteiger partial charge in [-0.25, -0.2) is 4.98 Å². The molecule has 0 saturated carbocycles. The minimum Gasteiger partial charge on any atom is -0.391 e. The summed E-state index contributed by atoms with van der Waals surface area (Å²) in [5, 5.41) is 3.56. The first kappa shape index (κ1) is 10.5. The van der Waals surface area contributed by atoms with Crippen LogP contribution in [0.5, 0.6) is 0 Å². The number of H-pyrrole nitrogens is 1. The molecule has 0 spiro atoms. The van der Waals surface area contributed by atoms with Gasteiger partial charge in [0.15, 0.2) is 5.82 Å². The van der Waals surface area contributed by atoms with Gasteiger partial charge in [-0.05, 0) is 24.3 Å². The van der Waals surface area contributed by atoms with E-state index in [1.165, 1.54) is 6.33 Å². The van der Waals surface area contributed by atoms with Crippen molar-refractivity contribution < 1.29 is 0 Å². The van der Waals surface area contributed by atoms with Gasteiger partial charge < -0.3 is 16.0 Å². The van der Waals surface area contributed by atoms with E-state index in [9.17, 15) is 4.79 Å². The first-order valence-electron chi connectivity index (χ1n) is 4.52. The smallest absolute Gasteiger partial charge is 0.276 e. The van der Waals surface area contributed by atoms with Crippen molar-refractivity contribution in [1.29, 1.82) is 0 Å². The number of rotatable bonds is 2.